The van der Waals surface area contributed by atoms with E-state index in [4.69, 9.17) is 19.2 Å². The van der Waals surface area contributed by atoms with Crippen LogP contribution in [-0.2, 0) is 9.47 Å². The molecule has 44 heavy (non-hydrogen) atoms. The predicted molar refractivity (Wildman–Crippen MR) is 158 cm³/mol. The van der Waals surface area contributed by atoms with Crippen LogP contribution in [0.2, 0.25) is 0 Å². The van der Waals surface area contributed by atoms with Crippen LogP contribution >= 0.6 is 0 Å². The van der Waals surface area contributed by atoms with Gasteiger partial charge in [0.1, 0.15) is 22.6 Å². The number of hydrogen-bond donors (Lipinski definition) is 0. The summed E-state index contributed by atoms with van der Waals surface area (Å²) < 4.78 is 63.6. The van der Waals surface area contributed by atoms with Gasteiger partial charge >= 0.3 is 12.3 Å². The number of para-hydroxylation sites is 1. The Labute approximate surface area is 253 Å². The standard InChI is InChI=1S/C31H37F3N6O4/c1-20(18-42-5)19-43-24-12-8-10-21-14-15-22(35-26(21)24)28-37-36-25-13-9-11-23(39(25)28)27(31(32,33)34)40(38-16-6-7-17-38)29(41)44-30(2,3)4/h8-15,20,27H,6-7,16-19H2,1-5H3/t20-,27+/m0/s1. The first-order valence-corrected chi connectivity index (χ1v) is 14.6. The maximum Gasteiger partial charge on any atom is 0.425 e. The fourth-order valence-electron chi connectivity index (χ4n) is 5.31. The molecule has 2 atom stereocenters. The maximum absolute atomic E-state index is 15.2. The molecular formula is C31H37F3N6O4. The number of carbonyl (C=O) groups excluding carboxylic acids is 1. The topological polar surface area (TPSA) is 94.3 Å². The van der Waals surface area contributed by atoms with Gasteiger partial charge in [0, 0.05) is 31.5 Å². The lowest BCUT2D eigenvalue weighted by Gasteiger charge is -2.39. The Morgan fingerprint density at radius 3 is 2.41 bits per heavy atom. The van der Waals surface area contributed by atoms with Gasteiger partial charge in [-0.05, 0) is 57.9 Å². The fourth-order valence-corrected chi connectivity index (χ4v) is 5.31. The van der Waals surface area contributed by atoms with Crippen molar-refractivity contribution in [2.45, 2.75) is 58.4 Å². The Morgan fingerprint density at radius 1 is 1.00 bits per heavy atom. The fraction of sp³-hybridized carbons (Fsp3) is 0.484. The molecule has 0 bridgehead atoms. The number of benzene rings is 1. The Bertz CT molecular complexity index is 1610. The molecule has 4 aromatic rings. The van der Waals surface area contributed by atoms with E-state index in [1.165, 1.54) is 21.5 Å². The summed E-state index contributed by atoms with van der Waals surface area (Å²) in [6.07, 6.45) is -4.64. The number of rotatable bonds is 9. The molecule has 236 valence electrons. The average Bonchev–Trinajstić information content (AvgIpc) is 3.64. The minimum atomic E-state index is -4.87. The van der Waals surface area contributed by atoms with Gasteiger partial charge in [0.25, 0.3) is 0 Å². The van der Waals surface area contributed by atoms with Crippen LogP contribution < -0.4 is 4.74 Å². The van der Waals surface area contributed by atoms with E-state index in [2.05, 4.69) is 10.2 Å². The third-order valence-electron chi connectivity index (χ3n) is 7.15. The average molecular weight is 615 g/mol. The van der Waals surface area contributed by atoms with Gasteiger partial charge in [0.2, 0.25) is 0 Å². The highest BCUT2D eigenvalue weighted by atomic mass is 19.4. The summed E-state index contributed by atoms with van der Waals surface area (Å²) >= 11 is 0. The number of hydrogen-bond acceptors (Lipinski definition) is 8. The van der Waals surface area contributed by atoms with Gasteiger partial charge in [-0.2, -0.15) is 13.2 Å². The zero-order chi connectivity index (χ0) is 31.6. The van der Waals surface area contributed by atoms with Gasteiger partial charge in [-0.3, -0.25) is 4.40 Å². The lowest BCUT2D eigenvalue weighted by molar-refractivity contribution is -0.216. The molecule has 3 aromatic heterocycles. The van der Waals surface area contributed by atoms with E-state index in [1.54, 1.807) is 46.1 Å². The van der Waals surface area contributed by atoms with Crippen molar-refractivity contribution >= 4 is 22.6 Å². The van der Waals surface area contributed by atoms with E-state index in [9.17, 15) is 4.79 Å². The van der Waals surface area contributed by atoms with E-state index in [-0.39, 0.29) is 36.2 Å². The van der Waals surface area contributed by atoms with Gasteiger partial charge in [-0.15, -0.1) is 10.2 Å². The van der Waals surface area contributed by atoms with Crippen LogP contribution in [0.15, 0.2) is 48.5 Å². The number of halogens is 3. The van der Waals surface area contributed by atoms with Gasteiger partial charge < -0.3 is 14.2 Å². The zero-order valence-corrected chi connectivity index (χ0v) is 25.5. The molecule has 10 nitrogen and oxygen atoms in total. The number of methoxy groups -OCH3 is 1. The van der Waals surface area contributed by atoms with Gasteiger partial charge in [0.05, 0.1) is 18.9 Å². The van der Waals surface area contributed by atoms with Gasteiger partial charge in [0.15, 0.2) is 17.5 Å². The van der Waals surface area contributed by atoms with E-state index >= 15 is 13.2 Å². The van der Waals surface area contributed by atoms with Crippen LogP contribution in [0.1, 0.15) is 52.3 Å². The van der Waals surface area contributed by atoms with E-state index < -0.39 is 23.9 Å². The summed E-state index contributed by atoms with van der Waals surface area (Å²) in [6, 6.07) is 11.0. The molecule has 0 radical (unpaired) electrons. The number of hydrazine groups is 1. The molecule has 1 amide bonds. The van der Waals surface area contributed by atoms with E-state index in [1.807, 2.05) is 25.1 Å². The molecule has 1 saturated heterocycles. The van der Waals surface area contributed by atoms with Crippen molar-refractivity contribution in [2.75, 3.05) is 33.4 Å². The number of nitrogens with zero attached hydrogens (tertiary/aromatic N) is 6. The molecular weight excluding hydrogens is 577 g/mol. The van der Waals surface area contributed by atoms with Gasteiger partial charge in [-0.1, -0.05) is 31.2 Å². The van der Waals surface area contributed by atoms with Crippen LogP contribution in [0.3, 0.4) is 0 Å². The normalized spacial score (nSPS) is 15.9. The SMILES string of the molecule is COC[C@H](C)COc1cccc2ccc(-c3nnc4cccc([C@@H](N(C(=O)OC(C)(C)C)N5CCCC5)C(F)(F)F)n34)nc12. The number of amides is 1. The first kappa shape index (κ1) is 31.5. The largest absolute Gasteiger partial charge is 0.491 e. The van der Waals surface area contributed by atoms with Crippen molar-refractivity contribution in [3.63, 3.8) is 0 Å². The highest BCUT2D eigenvalue weighted by molar-refractivity contribution is 5.86. The number of pyridine rings is 2. The summed E-state index contributed by atoms with van der Waals surface area (Å²) in [5.41, 5.74) is -0.243. The third-order valence-corrected chi connectivity index (χ3v) is 7.15. The smallest absolute Gasteiger partial charge is 0.425 e. The van der Waals surface area contributed by atoms with E-state index in [0.29, 0.717) is 48.0 Å². The first-order chi connectivity index (χ1) is 20.9. The second-order valence-electron chi connectivity index (χ2n) is 12.0. The lowest BCUT2D eigenvalue weighted by atomic mass is 10.1. The van der Waals surface area contributed by atoms with Crippen LogP contribution in [-0.4, -0.2) is 80.9 Å². The second kappa shape index (κ2) is 12.6. The lowest BCUT2D eigenvalue weighted by Crippen LogP contribution is -2.53. The van der Waals surface area contributed by atoms with Crippen molar-refractivity contribution in [1.82, 2.24) is 29.6 Å². The molecule has 0 aliphatic carbocycles. The first-order valence-electron chi connectivity index (χ1n) is 14.6. The molecule has 0 saturated carbocycles. The number of carbonyl (C=O) groups is 1. The molecule has 1 aliphatic rings. The molecule has 1 aromatic carbocycles. The number of fused-ring (bicyclic) bond motifs is 2. The Morgan fingerprint density at radius 2 is 1.73 bits per heavy atom. The predicted octanol–water partition coefficient (Wildman–Crippen LogP) is 6.46. The van der Waals surface area contributed by atoms with Crippen LogP contribution in [0.4, 0.5) is 18.0 Å². The summed E-state index contributed by atoms with van der Waals surface area (Å²) in [5, 5.41) is 11.4. The highest BCUT2D eigenvalue weighted by Gasteiger charge is 2.51. The molecule has 13 heteroatoms. The second-order valence-corrected chi connectivity index (χ2v) is 12.0. The van der Waals surface area contributed by atoms with Crippen LogP contribution in [0.25, 0.3) is 28.1 Å². The van der Waals surface area contributed by atoms with Gasteiger partial charge in [-0.25, -0.2) is 19.8 Å². The number of alkyl halides is 3. The summed E-state index contributed by atoms with van der Waals surface area (Å²) in [6.45, 7) is 8.35. The Balaban J connectivity index is 1.64. The molecule has 1 aliphatic heterocycles. The minimum Gasteiger partial charge on any atom is -0.491 e. The monoisotopic (exact) mass is 614 g/mol. The van der Waals surface area contributed by atoms with Crippen molar-refractivity contribution in [3.8, 4) is 17.3 Å². The van der Waals surface area contributed by atoms with Crippen LogP contribution in [0.5, 0.6) is 5.75 Å². The molecule has 1 fully saturated rings. The molecule has 0 unspecified atom stereocenters. The minimum absolute atomic E-state index is 0.0971. The summed E-state index contributed by atoms with van der Waals surface area (Å²) in [4.78, 5) is 18.2. The Kier molecular flexibility index (Phi) is 8.98. The van der Waals surface area contributed by atoms with Crippen molar-refractivity contribution in [2.24, 2.45) is 5.92 Å². The van der Waals surface area contributed by atoms with Crippen molar-refractivity contribution < 1.29 is 32.2 Å². The molecule has 4 heterocycles. The number of ether oxygens (including phenoxy) is 3. The zero-order valence-electron chi connectivity index (χ0n) is 25.5. The maximum atomic E-state index is 15.2. The molecule has 0 spiro atoms. The highest BCUT2D eigenvalue weighted by Crippen LogP contribution is 2.41. The molecule has 5 rings (SSSR count). The van der Waals surface area contributed by atoms with E-state index in [0.717, 1.165) is 5.39 Å². The van der Waals surface area contributed by atoms with Crippen molar-refractivity contribution in [3.05, 3.63) is 54.2 Å². The summed E-state index contributed by atoms with van der Waals surface area (Å²) in [5.74, 6) is 0.753. The Hall–Kier alpha value is -3.97. The molecule has 0 N–H and O–H groups in total. The van der Waals surface area contributed by atoms with Crippen molar-refractivity contribution in [1.29, 1.82) is 0 Å². The quantitative estimate of drug-likeness (QED) is 0.212. The number of aromatic nitrogens is 4. The summed E-state index contributed by atoms with van der Waals surface area (Å²) in [7, 11) is 1.63. The third kappa shape index (κ3) is 6.73. The van der Waals surface area contributed by atoms with Crippen LogP contribution in [0, 0.1) is 5.92 Å².